The molecule has 0 saturated heterocycles. The van der Waals surface area contributed by atoms with Crippen LogP contribution in [-0.2, 0) is 18.4 Å². The van der Waals surface area contributed by atoms with Crippen LogP contribution in [0.3, 0.4) is 0 Å². The minimum atomic E-state index is -0.118. The molecule has 6 nitrogen and oxygen atoms in total. The van der Waals surface area contributed by atoms with Gasteiger partial charge in [-0.25, -0.2) is 0 Å². The summed E-state index contributed by atoms with van der Waals surface area (Å²) < 4.78 is 12.1. The van der Waals surface area contributed by atoms with Gasteiger partial charge in [0.2, 0.25) is 5.91 Å². The van der Waals surface area contributed by atoms with E-state index >= 15 is 0 Å². The Balaban J connectivity index is 1.67. The first kappa shape index (κ1) is 19.8. The van der Waals surface area contributed by atoms with Gasteiger partial charge < -0.3 is 19.4 Å². The summed E-state index contributed by atoms with van der Waals surface area (Å²) in [5.74, 6) is 1.45. The number of aryl methyl sites for hydroxylation is 1. The third kappa shape index (κ3) is 4.31. The number of pyridine rings is 1. The second-order valence-corrected chi connectivity index (χ2v) is 7.18. The smallest absolute Gasteiger partial charge is 0.251 e. The molecule has 0 unspecified atom stereocenters. The lowest BCUT2D eigenvalue weighted by Crippen LogP contribution is -2.25. The summed E-state index contributed by atoms with van der Waals surface area (Å²) in [7, 11) is 4.92. The fourth-order valence-electron chi connectivity index (χ4n) is 2.89. The summed E-state index contributed by atoms with van der Waals surface area (Å²) >= 11 is 1.36. The van der Waals surface area contributed by atoms with Gasteiger partial charge in [0.25, 0.3) is 5.56 Å². The van der Waals surface area contributed by atoms with Crippen LogP contribution in [-0.4, -0.2) is 30.4 Å². The zero-order chi connectivity index (χ0) is 20.1. The zero-order valence-corrected chi connectivity index (χ0v) is 16.8. The highest BCUT2D eigenvalue weighted by Crippen LogP contribution is 2.26. The molecule has 0 saturated carbocycles. The Morgan fingerprint density at radius 1 is 1.11 bits per heavy atom. The number of ether oxygens (including phenoxy) is 2. The van der Waals surface area contributed by atoms with Crippen molar-refractivity contribution in [3.8, 4) is 11.5 Å². The van der Waals surface area contributed by atoms with Gasteiger partial charge in [0.05, 0.1) is 25.5 Å². The molecule has 1 aromatic heterocycles. The molecule has 0 aliphatic rings. The van der Waals surface area contributed by atoms with Crippen molar-refractivity contribution in [3.05, 3.63) is 64.4 Å². The van der Waals surface area contributed by atoms with Gasteiger partial charge in [0.1, 0.15) is 11.5 Å². The molecule has 3 aromatic rings. The number of carbonyl (C=O) groups excluding carboxylic acids is 1. The average Bonchev–Trinajstić information content (AvgIpc) is 2.73. The molecule has 0 fully saturated rings. The van der Waals surface area contributed by atoms with Crippen LogP contribution in [0.1, 0.15) is 5.56 Å². The van der Waals surface area contributed by atoms with Gasteiger partial charge in [-0.15, -0.1) is 11.8 Å². The summed E-state index contributed by atoms with van der Waals surface area (Å²) in [6, 6.07) is 14.7. The number of nitrogens with one attached hydrogen (secondary N) is 1. The second-order valence-electron chi connectivity index (χ2n) is 6.17. The van der Waals surface area contributed by atoms with Crippen molar-refractivity contribution in [2.45, 2.75) is 11.4 Å². The van der Waals surface area contributed by atoms with Gasteiger partial charge >= 0.3 is 0 Å². The summed E-state index contributed by atoms with van der Waals surface area (Å²) in [4.78, 5) is 25.3. The zero-order valence-electron chi connectivity index (χ0n) is 16.0. The SMILES string of the molecule is COc1ccc(CNC(=O)CSc2cc(=O)n(C)c3ccccc23)c(OC)c1. The maximum Gasteiger partial charge on any atom is 0.251 e. The normalized spacial score (nSPS) is 10.7. The van der Waals surface area contributed by atoms with Crippen LogP contribution in [0.4, 0.5) is 0 Å². The Morgan fingerprint density at radius 2 is 1.89 bits per heavy atom. The standard InChI is InChI=1S/C21H22N2O4S/c1-23-17-7-5-4-6-16(17)19(11-21(23)25)28-13-20(24)22-12-14-8-9-15(26-2)10-18(14)27-3/h4-11H,12-13H2,1-3H3,(H,22,24). The number of thioether (sulfide) groups is 1. The highest BCUT2D eigenvalue weighted by atomic mass is 32.2. The van der Waals surface area contributed by atoms with Crippen molar-refractivity contribution in [2.24, 2.45) is 7.05 Å². The van der Waals surface area contributed by atoms with E-state index in [1.807, 2.05) is 36.4 Å². The lowest BCUT2D eigenvalue weighted by atomic mass is 10.2. The van der Waals surface area contributed by atoms with Gasteiger partial charge in [0.15, 0.2) is 0 Å². The quantitative estimate of drug-likeness (QED) is 0.620. The predicted molar refractivity (Wildman–Crippen MR) is 111 cm³/mol. The van der Waals surface area contributed by atoms with E-state index in [2.05, 4.69) is 5.32 Å². The Kier molecular flexibility index (Phi) is 6.26. The molecule has 1 amide bonds. The summed E-state index contributed by atoms with van der Waals surface area (Å²) in [5, 5.41) is 3.85. The van der Waals surface area contributed by atoms with E-state index in [0.717, 1.165) is 21.4 Å². The number of para-hydroxylation sites is 1. The number of methoxy groups -OCH3 is 2. The van der Waals surface area contributed by atoms with E-state index in [1.54, 1.807) is 38.0 Å². The number of carbonyl (C=O) groups is 1. The Morgan fingerprint density at radius 3 is 2.64 bits per heavy atom. The Labute approximate surface area is 167 Å². The molecular formula is C21H22N2O4S. The molecule has 0 radical (unpaired) electrons. The van der Waals surface area contributed by atoms with Crippen molar-refractivity contribution < 1.29 is 14.3 Å². The largest absolute Gasteiger partial charge is 0.497 e. The van der Waals surface area contributed by atoms with Crippen LogP contribution >= 0.6 is 11.8 Å². The highest BCUT2D eigenvalue weighted by Gasteiger charge is 2.11. The lowest BCUT2D eigenvalue weighted by Gasteiger charge is -2.12. The summed E-state index contributed by atoms with van der Waals surface area (Å²) in [6.07, 6.45) is 0. The van der Waals surface area contributed by atoms with E-state index in [-0.39, 0.29) is 17.2 Å². The first-order valence-corrected chi connectivity index (χ1v) is 9.71. The molecule has 2 aromatic carbocycles. The molecule has 0 spiro atoms. The minimum Gasteiger partial charge on any atom is -0.497 e. The lowest BCUT2D eigenvalue weighted by molar-refractivity contribution is -0.118. The first-order valence-electron chi connectivity index (χ1n) is 8.72. The molecule has 0 aliphatic carbocycles. The van der Waals surface area contributed by atoms with Gasteiger partial charge in [0, 0.05) is 41.6 Å². The molecule has 28 heavy (non-hydrogen) atoms. The van der Waals surface area contributed by atoms with Crippen molar-refractivity contribution in [1.82, 2.24) is 9.88 Å². The van der Waals surface area contributed by atoms with Gasteiger partial charge in [-0.2, -0.15) is 0 Å². The van der Waals surface area contributed by atoms with Gasteiger partial charge in [-0.3, -0.25) is 9.59 Å². The molecule has 1 N–H and O–H groups in total. The first-order chi connectivity index (χ1) is 13.5. The number of fused-ring (bicyclic) bond motifs is 1. The fraction of sp³-hybridized carbons (Fsp3) is 0.238. The van der Waals surface area contributed by atoms with Crippen LogP contribution in [0, 0.1) is 0 Å². The predicted octanol–water partition coefficient (Wildman–Crippen LogP) is 2.96. The molecular weight excluding hydrogens is 376 g/mol. The number of rotatable bonds is 7. The van der Waals surface area contributed by atoms with Crippen molar-refractivity contribution >= 4 is 28.6 Å². The third-order valence-corrected chi connectivity index (χ3v) is 5.50. The minimum absolute atomic E-state index is 0.0930. The molecule has 146 valence electrons. The number of nitrogens with zero attached hydrogens (tertiary/aromatic N) is 1. The van der Waals surface area contributed by atoms with Crippen LogP contribution in [0.25, 0.3) is 10.9 Å². The molecule has 1 heterocycles. The van der Waals surface area contributed by atoms with Gasteiger partial charge in [-0.1, -0.05) is 18.2 Å². The van der Waals surface area contributed by atoms with E-state index < -0.39 is 0 Å². The summed E-state index contributed by atoms with van der Waals surface area (Å²) in [6.45, 7) is 0.351. The number of hydrogen-bond acceptors (Lipinski definition) is 5. The van der Waals surface area contributed by atoms with Crippen molar-refractivity contribution in [2.75, 3.05) is 20.0 Å². The van der Waals surface area contributed by atoms with Crippen LogP contribution in [0.5, 0.6) is 11.5 Å². The maximum absolute atomic E-state index is 12.3. The fourth-order valence-corrected chi connectivity index (χ4v) is 3.79. The topological polar surface area (TPSA) is 69.6 Å². The monoisotopic (exact) mass is 398 g/mol. The number of benzene rings is 2. The van der Waals surface area contributed by atoms with E-state index in [1.165, 1.54) is 11.8 Å². The average molecular weight is 398 g/mol. The maximum atomic E-state index is 12.3. The van der Waals surface area contributed by atoms with E-state index in [9.17, 15) is 9.59 Å². The number of amides is 1. The van der Waals surface area contributed by atoms with Crippen molar-refractivity contribution in [1.29, 1.82) is 0 Å². The van der Waals surface area contributed by atoms with Crippen LogP contribution in [0.15, 0.2) is 58.2 Å². The van der Waals surface area contributed by atoms with E-state index in [4.69, 9.17) is 9.47 Å². The molecule has 0 bridgehead atoms. The molecule has 0 aliphatic heterocycles. The Bertz CT molecular complexity index is 1060. The Hall–Kier alpha value is -2.93. The summed E-state index contributed by atoms with van der Waals surface area (Å²) in [5.41, 5.74) is 1.62. The highest BCUT2D eigenvalue weighted by molar-refractivity contribution is 8.00. The second kappa shape index (κ2) is 8.84. The van der Waals surface area contributed by atoms with Crippen LogP contribution < -0.4 is 20.3 Å². The van der Waals surface area contributed by atoms with Gasteiger partial charge in [-0.05, 0) is 18.2 Å². The molecule has 0 atom stereocenters. The van der Waals surface area contributed by atoms with E-state index in [0.29, 0.717) is 18.0 Å². The molecule has 7 heteroatoms. The third-order valence-electron chi connectivity index (χ3n) is 4.45. The number of hydrogen-bond donors (Lipinski definition) is 1. The molecule has 3 rings (SSSR count). The number of aromatic nitrogens is 1. The van der Waals surface area contributed by atoms with Crippen molar-refractivity contribution in [3.63, 3.8) is 0 Å². The van der Waals surface area contributed by atoms with Crippen LogP contribution in [0.2, 0.25) is 0 Å².